The highest BCUT2D eigenvalue weighted by atomic mass is 35.5. The van der Waals surface area contributed by atoms with E-state index in [1.165, 1.54) is 4.90 Å². The minimum Gasteiger partial charge on any atom is -0.482 e. The summed E-state index contributed by atoms with van der Waals surface area (Å²) in [4.78, 5) is 38.2. The summed E-state index contributed by atoms with van der Waals surface area (Å²) in [7, 11) is 0. The van der Waals surface area contributed by atoms with Crippen LogP contribution in [-0.2, 0) is 19.1 Å². The number of rotatable bonds is 10. The number of halogens is 1. The zero-order chi connectivity index (χ0) is 22.8. The maximum atomic E-state index is 12.5. The van der Waals surface area contributed by atoms with Crippen LogP contribution in [0, 0.1) is 13.8 Å². The number of ether oxygens (including phenoxy) is 2. The van der Waals surface area contributed by atoms with E-state index in [1.807, 2.05) is 32.0 Å². The Hall–Kier alpha value is -3.06. The number of para-hydroxylation sites is 1. The molecule has 166 valence electrons. The quantitative estimate of drug-likeness (QED) is 0.562. The molecule has 2 amide bonds. The number of amides is 2. The van der Waals surface area contributed by atoms with Crippen molar-refractivity contribution >= 4 is 35.1 Å². The Balaban J connectivity index is 1.83. The van der Waals surface area contributed by atoms with Crippen LogP contribution in [0.5, 0.6) is 5.75 Å². The fourth-order valence-electron chi connectivity index (χ4n) is 2.82. The molecule has 0 bridgehead atoms. The van der Waals surface area contributed by atoms with Crippen molar-refractivity contribution in [2.24, 2.45) is 0 Å². The topological polar surface area (TPSA) is 84.9 Å². The SMILES string of the molecule is CCCN(CC(=O)Nc1ccccc1C)C(=O)COC(=O)COc1ccc(Cl)cc1C. The lowest BCUT2D eigenvalue weighted by Gasteiger charge is -2.21. The van der Waals surface area contributed by atoms with E-state index in [2.05, 4.69) is 5.32 Å². The van der Waals surface area contributed by atoms with Gasteiger partial charge in [-0.2, -0.15) is 0 Å². The van der Waals surface area contributed by atoms with Crippen molar-refractivity contribution in [3.05, 3.63) is 58.6 Å². The van der Waals surface area contributed by atoms with E-state index in [9.17, 15) is 14.4 Å². The van der Waals surface area contributed by atoms with Crippen molar-refractivity contribution < 1.29 is 23.9 Å². The van der Waals surface area contributed by atoms with Gasteiger partial charge in [-0.25, -0.2) is 4.79 Å². The Kier molecular flexibility index (Phi) is 9.34. The van der Waals surface area contributed by atoms with Crippen LogP contribution in [0.15, 0.2) is 42.5 Å². The van der Waals surface area contributed by atoms with Gasteiger partial charge in [0.15, 0.2) is 13.2 Å². The summed E-state index contributed by atoms with van der Waals surface area (Å²) >= 11 is 5.89. The van der Waals surface area contributed by atoms with E-state index >= 15 is 0 Å². The Morgan fingerprint density at radius 2 is 1.77 bits per heavy atom. The zero-order valence-corrected chi connectivity index (χ0v) is 18.7. The molecule has 0 saturated carbocycles. The Morgan fingerprint density at radius 3 is 2.45 bits per heavy atom. The number of carbonyl (C=O) groups is 3. The van der Waals surface area contributed by atoms with Crippen LogP contribution < -0.4 is 10.1 Å². The van der Waals surface area contributed by atoms with Crippen LogP contribution in [0.4, 0.5) is 5.69 Å². The van der Waals surface area contributed by atoms with Gasteiger partial charge >= 0.3 is 5.97 Å². The van der Waals surface area contributed by atoms with Crippen molar-refractivity contribution in [1.82, 2.24) is 4.90 Å². The molecule has 0 fully saturated rings. The third kappa shape index (κ3) is 7.94. The molecule has 0 aliphatic rings. The van der Waals surface area contributed by atoms with E-state index in [0.29, 0.717) is 29.4 Å². The first-order chi connectivity index (χ1) is 14.8. The van der Waals surface area contributed by atoms with Gasteiger partial charge in [-0.05, 0) is 55.7 Å². The summed E-state index contributed by atoms with van der Waals surface area (Å²) in [6, 6.07) is 12.4. The highest BCUT2D eigenvalue weighted by Crippen LogP contribution is 2.21. The number of aryl methyl sites for hydroxylation is 2. The minimum absolute atomic E-state index is 0.126. The van der Waals surface area contributed by atoms with Crippen LogP contribution in [-0.4, -0.2) is 49.0 Å². The van der Waals surface area contributed by atoms with Crippen LogP contribution in [0.2, 0.25) is 5.02 Å². The van der Waals surface area contributed by atoms with E-state index in [1.54, 1.807) is 31.2 Å². The molecular formula is C23H27ClN2O5. The molecule has 1 N–H and O–H groups in total. The summed E-state index contributed by atoms with van der Waals surface area (Å²) < 4.78 is 10.4. The molecule has 0 radical (unpaired) electrons. The molecule has 0 aromatic heterocycles. The van der Waals surface area contributed by atoms with Crippen molar-refractivity contribution in [3.63, 3.8) is 0 Å². The van der Waals surface area contributed by atoms with E-state index in [4.69, 9.17) is 21.1 Å². The summed E-state index contributed by atoms with van der Waals surface area (Å²) in [6.45, 7) is 5.04. The Bertz CT molecular complexity index is 932. The molecule has 2 rings (SSSR count). The molecule has 0 aliphatic carbocycles. The molecule has 7 nitrogen and oxygen atoms in total. The molecule has 0 saturated heterocycles. The standard InChI is InChI=1S/C23H27ClN2O5/c1-4-11-26(13-21(27)25-19-8-6-5-7-16(19)2)22(28)14-31-23(29)15-30-20-10-9-18(24)12-17(20)3/h5-10,12H,4,11,13-15H2,1-3H3,(H,25,27). The van der Waals surface area contributed by atoms with Crippen molar-refractivity contribution in [2.45, 2.75) is 27.2 Å². The van der Waals surface area contributed by atoms with Gasteiger partial charge in [0.05, 0.1) is 6.54 Å². The maximum Gasteiger partial charge on any atom is 0.344 e. The van der Waals surface area contributed by atoms with Crippen molar-refractivity contribution in [1.29, 1.82) is 0 Å². The lowest BCUT2D eigenvalue weighted by Crippen LogP contribution is -2.41. The zero-order valence-electron chi connectivity index (χ0n) is 17.9. The summed E-state index contributed by atoms with van der Waals surface area (Å²) in [5.74, 6) is -0.932. The molecule has 0 heterocycles. The Morgan fingerprint density at radius 1 is 1.03 bits per heavy atom. The molecule has 8 heteroatoms. The molecular weight excluding hydrogens is 420 g/mol. The number of hydrogen-bond acceptors (Lipinski definition) is 5. The monoisotopic (exact) mass is 446 g/mol. The number of carbonyl (C=O) groups excluding carboxylic acids is 3. The number of hydrogen-bond donors (Lipinski definition) is 1. The highest BCUT2D eigenvalue weighted by molar-refractivity contribution is 6.30. The number of nitrogens with one attached hydrogen (secondary N) is 1. The van der Waals surface area contributed by atoms with Crippen LogP contribution in [0.3, 0.4) is 0 Å². The second kappa shape index (κ2) is 12.0. The van der Waals surface area contributed by atoms with Gasteiger partial charge in [0.25, 0.3) is 5.91 Å². The Labute approximate surface area is 187 Å². The van der Waals surface area contributed by atoms with E-state index < -0.39 is 18.5 Å². The molecule has 0 spiro atoms. The molecule has 0 aliphatic heterocycles. The van der Waals surface area contributed by atoms with Gasteiger partial charge in [-0.3, -0.25) is 9.59 Å². The van der Waals surface area contributed by atoms with Crippen molar-refractivity contribution in [3.8, 4) is 5.75 Å². The predicted molar refractivity (Wildman–Crippen MR) is 119 cm³/mol. The smallest absolute Gasteiger partial charge is 0.344 e. The lowest BCUT2D eigenvalue weighted by molar-refractivity contribution is -0.154. The third-order valence-corrected chi connectivity index (χ3v) is 4.67. The predicted octanol–water partition coefficient (Wildman–Crippen LogP) is 3.76. The molecule has 0 unspecified atom stereocenters. The lowest BCUT2D eigenvalue weighted by atomic mass is 10.2. The molecule has 2 aromatic rings. The van der Waals surface area contributed by atoms with Crippen LogP contribution in [0.1, 0.15) is 24.5 Å². The maximum absolute atomic E-state index is 12.5. The number of nitrogens with zero attached hydrogens (tertiary/aromatic N) is 1. The molecule has 0 atom stereocenters. The molecule has 2 aromatic carbocycles. The van der Waals surface area contributed by atoms with E-state index in [-0.39, 0.29) is 19.1 Å². The van der Waals surface area contributed by atoms with Gasteiger partial charge in [0.1, 0.15) is 5.75 Å². The average molecular weight is 447 g/mol. The van der Waals surface area contributed by atoms with Gasteiger partial charge < -0.3 is 19.7 Å². The van der Waals surface area contributed by atoms with Crippen LogP contribution in [0.25, 0.3) is 0 Å². The number of benzene rings is 2. The summed E-state index contributed by atoms with van der Waals surface area (Å²) in [5.41, 5.74) is 2.40. The van der Waals surface area contributed by atoms with Gasteiger partial charge in [-0.1, -0.05) is 36.7 Å². The second-order valence-electron chi connectivity index (χ2n) is 7.04. The minimum atomic E-state index is -0.677. The first-order valence-electron chi connectivity index (χ1n) is 9.98. The molecule has 31 heavy (non-hydrogen) atoms. The van der Waals surface area contributed by atoms with Gasteiger partial charge in [0, 0.05) is 17.3 Å². The second-order valence-corrected chi connectivity index (χ2v) is 7.47. The number of esters is 1. The van der Waals surface area contributed by atoms with E-state index in [0.717, 1.165) is 11.1 Å². The normalized spacial score (nSPS) is 10.3. The summed E-state index contributed by atoms with van der Waals surface area (Å²) in [5, 5.41) is 3.37. The van der Waals surface area contributed by atoms with Crippen molar-refractivity contribution in [2.75, 3.05) is 31.6 Å². The highest BCUT2D eigenvalue weighted by Gasteiger charge is 2.19. The first kappa shape index (κ1) is 24.2. The van der Waals surface area contributed by atoms with Gasteiger partial charge in [-0.15, -0.1) is 0 Å². The average Bonchev–Trinajstić information content (AvgIpc) is 2.72. The fourth-order valence-corrected chi connectivity index (χ4v) is 3.05. The largest absolute Gasteiger partial charge is 0.482 e. The first-order valence-corrected chi connectivity index (χ1v) is 10.4. The van der Waals surface area contributed by atoms with Crippen LogP contribution >= 0.6 is 11.6 Å². The summed E-state index contributed by atoms with van der Waals surface area (Å²) in [6.07, 6.45) is 0.663. The number of anilines is 1. The third-order valence-electron chi connectivity index (χ3n) is 4.44. The van der Waals surface area contributed by atoms with Gasteiger partial charge in [0.2, 0.25) is 5.91 Å². The fraction of sp³-hybridized carbons (Fsp3) is 0.348.